The number of aryl methyl sites for hydroxylation is 1. The topological polar surface area (TPSA) is 51.4 Å². The number of rotatable bonds is 3. The molecule has 0 radical (unpaired) electrons. The van der Waals surface area contributed by atoms with Gasteiger partial charge in [-0.15, -0.1) is 15.7 Å². The lowest BCUT2D eigenvalue weighted by Crippen LogP contribution is -2.15. The Balaban J connectivity index is 2.24. The third-order valence-corrected chi connectivity index (χ3v) is 7.05. The zero-order valence-electron chi connectivity index (χ0n) is 11.0. The molecule has 0 fully saturated rings. The molecule has 1 aromatic carbocycles. The van der Waals surface area contributed by atoms with Crippen molar-refractivity contribution in [2.45, 2.75) is 17.7 Å². The lowest BCUT2D eigenvalue weighted by molar-refractivity contribution is 0.597. The first-order valence-corrected chi connectivity index (χ1v) is 9.61. The van der Waals surface area contributed by atoms with E-state index in [2.05, 4.69) is 4.40 Å². The first-order chi connectivity index (χ1) is 10.0. The Morgan fingerprint density at radius 2 is 1.95 bits per heavy atom. The molecule has 3 rings (SSSR count). The van der Waals surface area contributed by atoms with Gasteiger partial charge < -0.3 is 4.57 Å². The molecule has 0 saturated heterocycles. The zero-order chi connectivity index (χ0) is 15.0. The fourth-order valence-corrected chi connectivity index (χ4v) is 5.74. The van der Waals surface area contributed by atoms with Crippen LogP contribution in [0.15, 0.2) is 45.0 Å². The monoisotopic (exact) mass is 358 g/mol. The van der Waals surface area contributed by atoms with Crippen molar-refractivity contribution in [3.63, 3.8) is 0 Å². The maximum Gasteiger partial charge on any atom is 0.294 e. The van der Waals surface area contributed by atoms with Crippen LogP contribution in [-0.2, 0) is 16.6 Å². The number of nitrogens with zero attached hydrogens (tertiary/aromatic N) is 2. The van der Waals surface area contributed by atoms with E-state index < -0.39 is 10.0 Å². The first kappa shape index (κ1) is 14.8. The Kier molecular flexibility index (Phi) is 3.92. The molecule has 110 valence electrons. The minimum Gasteiger partial charge on any atom is -0.316 e. The largest absolute Gasteiger partial charge is 0.316 e. The van der Waals surface area contributed by atoms with Crippen molar-refractivity contribution in [3.8, 4) is 0 Å². The van der Waals surface area contributed by atoms with Gasteiger partial charge in [0, 0.05) is 6.54 Å². The summed E-state index contributed by atoms with van der Waals surface area (Å²) in [6, 6.07) is 10.8. The van der Waals surface area contributed by atoms with Gasteiger partial charge in [-0.25, -0.2) is 0 Å². The highest BCUT2D eigenvalue weighted by atomic mass is 35.5. The summed E-state index contributed by atoms with van der Waals surface area (Å²) >= 11 is 8.18. The quantitative estimate of drug-likeness (QED) is 0.716. The Morgan fingerprint density at radius 1 is 1.19 bits per heavy atom. The second kappa shape index (κ2) is 5.57. The molecule has 0 spiro atoms. The fourth-order valence-electron chi connectivity index (χ4n) is 1.98. The highest BCUT2D eigenvalue weighted by molar-refractivity contribution is 7.92. The van der Waals surface area contributed by atoms with Gasteiger partial charge in [-0.2, -0.15) is 8.42 Å². The number of thiazole rings is 1. The van der Waals surface area contributed by atoms with Crippen LogP contribution in [0, 0.1) is 0 Å². The summed E-state index contributed by atoms with van der Waals surface area (Å²) < 4.78 is 32.2. The number of fused-ring (bicyclic) bond motifs is 1. The molecule has 2 heterocycles. The molecule has 0 unspecified atom stereocenters. The van der Waals surface area contributed by atoms with Crippen molar-refractivity contribution in [1.29, 1.82) is 0 Å². The van der Waals surface area contributed by atoms with Crippen LogP contribution in [0.4, 0.5) is 0 Å². The summed E-state index contributed by atoms with van der Waals surface area (Å²) in [4.78, 5) is 0.475. The molecule has 4 nitrogen and oxygen atoms in total. The second-order valence-corrected chi connectivity index (χ2v) is 8.78. The van der Waals surface area contributed by atoms with Crippen molar-refractivity contribution in [1.82, 2.24) is 4.57 Å². The van der Waals surface area contributed by atoms with Crippen LogP contribution in [0.5, 0.6) is 0 Å². The Labute approximate surface area is 135 Å². The van der Waals surface area contributed by atoms with E-state index in [4.69, 9.17) is 11.6 Å². The standard InChI is InChI=1S/C13H11ClN2O2S3/c1-2-16-9-5-3-4-6-10(9)19-13(16)15-21(17,18)12-8-7-11(14)20-12/h3-8H,2H2,1H3. The number of thiophene rings is 1. The number of hydrogen-bond donors (Lipinski definition) is 0. The molecule has 0 aliphatic rings. The van der Waals surface area contributed by atoms with Gasteiger partial charge in [-0.05, 0) is 31.2 Å². The maximum absolute atomic E-state index is 12.3. The normalized spacial score (nSPS) is 13.1. The summed E-state index contributed by atoms with van der Waals surface area (Å²) in [5, 5.41) is 0. The average Bonchev–Trinajstić information content (AvgIpc) is 3.01. The van der Waals surface area contributed by atoms with E-state index in [-0.39, 0.29) is 4.21 Å². The molecule has 3 aromatic rings. The highest BCUT2D eigenvalue weighted by Crippen LogP contribution is 2.27. The van der Waals surface area contributed by atoms with E-state index in [1.807, 2.05) is 35.8 Å². The van der Waals surface area contributed by atoms with Crippen LogP contribution in [0.25, 0.3) is 10.2 Å². The smallest absolute Gasteiger partial charge is 0.294 e. The van der Waals surface area contributed by atoms with Crippen LogP contribution < -0.4 is 4.80 Å². The lowest BCUT2D eigenvalue weighted by atomic mass is 10.3. The van der Waals surface area contributed by atoms with Crippen LogP contribution in [0.2, 0.25) is 4.34 Å². The van der Waals surface area contributed by atoms with Crippen molar-refractivity contribution in [2.24, 2.45) is 4.40 Å². The summed E-state index contributed by atoms with van der Waals surface area (Å²) in [5.41, 5.74) is 0.989. The van der Waals surface area contributed by atoms with Gasteiger partial charge in [0.15, 0.2) is 0 Å². The van der Waals surface area contributed by atoms with Gasteiger partial charge in [0.25, 0.3) is 10.0 Å². The maximum atomic E-state index is 12.3. The number of sulfonamides is 1. The molecule has 0 atom stereocenters. The van der Waals surface area contributed by atoms with E-state index in [0.29, 0.717) is 15.7 Å². The third-order valence-electron chi connectivity index (χ3n) is 2.91. The molecule has 0 bridgehead atoms. The number of halogens is 1. The molecule has 8 heteroatoms. The Hall–Kier alpha value is -1.15. The predicted molar refractivity (Wildman–Crippen MR) is 87.6 cm³/mol. The summed E-state index contributed by atoms with van der Waals surface area (Å²) in [5.74, 6) is 0. The van der Waals surface area contributed by atoms with Crippen molar-refractivity contribution >= 4 is 54.5 Å². The van der Waals surface area contributed by atoms with Gasteiger partial charge in [-0.1, -0.05) is 35.1 Å². The first-order valence-electron chi connectivity index (χ1n) is 6.16. The molecule has 0 saturated carbocycles. The summed E-state index contributed by atoms with van der Waals surface area (Å²) in [6.07, 6.45) is 0. The van der Waals surface area contributed by atoms with Crippen molar-refractivity contribution in [2.75, 3.05) is 0 Å². The van der Waals surface area contributed by atoms with E-state index in [0.717, 1.165) is 21.6 Å². The highest BCUT2D eigenvalue weighted by Gasteiger charge is 2.16. The van der Waals surface area contributed by atoms with Gasteiger partial charge in [-0.3, -0.25) is 0 Å². The van der Waals surface area contributed by atoms with Crippen molar-refractivity contribution in [3.05, 3.63) is 45.5 Å². The summed E-state index contributed by atoms with van der Waals surface area (Å²) in [6.45, 7) is 2.62. The van der Waals surface area contributed by atoms with E-state index in [1.165, 1.54) is 17.4 Å². The molecular weight excluding hydrogens is 348 g/mol. The average molecular weight is 359 g/mol. The molecule has 0 N–H and O–H groups in total. The van der Waals surface area contributed by atoms with E-state index in [1.54, 1.807) is 6.07 Å². The van der Waals surface area contributed by atoms with Crippen LogP contribution >= 0.6 is 34.3 Å². The fraction of sp³-hybridized carbons (Fsp3) is 0.154. The lowest BCUT2D eigenvalue weighted by Gasteiger charge is -1.99. The van der Waals surface area contributed by atoms with Gasteiger partial charge in [0.2, 0.25) is 4.80 Å². The molecule has 21 heavy (non-hydrogen) atoms. The predicted octanol–water partition coefficient (Wildman–Crippen LogP) is 3.73. The zero-order valence-corrected chi connectivity index (χ0v) is 14.2. The van der Waals surface area contributed by atoms with Gasteiger partial charge in [0.05, 0.1) is 14.6 Å². The number of para-hydroxylation sites is 1. The SMILES string of the molecule is CCn1c(=NS(=O)(=O)c2ccc(Cl)s2)sc2ccccc21. The summed E-state index contributed by atoms with van der Waals surface area (Å²) in [7, 11) is -3.72. The molecule has 0 aliphatic carbocycles. The molecule has 2 aromatic heterocycles. The van der Waals surface area contributed by atoms with E-state index in [9.17, 15) is 8.42 Å². The van der Waals surface area contributed by atoms with Crippen molar-refractivity contribution < 1.29 is 8.42 Å². The molecule has 0 amide bonds. The van der Waals surface area contributed by atoms with Crippen LogP contribution in [0.3, 0.4) is 0 Å². The minimum absolute atomic E-state index is 0.160. The van der Waals surface area contributed by atoms with Gasteiger partial charge >= 0.3 is 0 Å². The number of aromatic nitrogens is 1. The van der Waals surface area contributed by atoms with E-state index >= 15 is 0 Å². The second-order valence-electron chi connectivity index (χ2n) is 4.22. The van der Waals surface area contributed by atoms with Crippen LogP contribution in [0.1, 0.15) is 6.92 Å². The minimum atomic E-state index is -3.72. The Morgan fingerprint density at radius 3 is 2.62 bits per heavy atom. The molecule has 0 aliphatic heterocycles. The third kappa shape index (κ3) is 2.78. The molecular formula is C13H11ClN2O2S3. The Bertz CT molecular complexity index is 967. The number of hydrogen-bond acceptors (Lipinski definition) is 4. The van der Waals surface area contributed by atoms with Crippen LogP contribution in [-0.4, -0.2) is 13.0 Å². The van der Waals surface area contributed by atoms with Gasteiger partial charge in [0.1, 0.15) is 4.21 Å². The number of benzene rings is 1.